The fourth-order valence-electron chi connectivity index (χ4n) is 11.1. The van der Waals surface area contributed by atoms with E-state index in [-0.39, 0.29) is 18.5 Å². The lowest BCUT2D eigenvalue weighted by Gasteiger charge is -2.22. The van der Waals surface area contributed by atoms with Crippen LogP contribution in [0.2, 0.25) is 0 Å². The molecule has 0 aliphatic rings. The van der Waals surface area contributed by atoms with Crippen LogP contribution in [0.15, 0.2) is 24.3 Å². The van der Waals surface area contributed by atoms with Crippen LogP contribution in [0.4, 0.5) is 0 Å². The van der Waals surface area contributed by atoms with E-state index in [2.05, 4.69) is 43.5 Å². The zero-order valence-corrected chi connectivity index (χ0v) is 52.2. The molecule has 0 saturated carbocycles. The van der Waals surface area contributed by atoms with Gasteiger partial charge in [0.2, 0.25) is 5.91 Å². The van der Waals surface area contributed by atoms with E-state index in [9.17, 15) is 19.8 Å². The second-order valence-corrected chi connectivity index (χ2v) is 24.2. The molecule has 6 heteroatoms. The number of esters is 1. The smallest absolute Gasteiger partial charge is 0.305 e. The Hall–Kier alpha value is -1.66. The molecule has 3 N–H and O–H groups in total. The van der Waals surface area contributed by atoms with Gasteiger partial charge in [-0.25, -0.2) is 0 Å². The van der Waals surface area contributed by atoms with Crippen molar-refractivity contribution >= 4 is 11.9 Å². The molecule has 0 aromatic carbocycles. The van der Waals surface area contributed by atoms with E-state index < -0.39 is 12.1 Å². The van der Waals surface area contributed by atoms with E-state index in [0.29, 0.717) is 25.9 Å². The van der Waals surface area contributed by atoms with Gasteiger partial charge in [-0.3, -0.25) is 9.59 Å². The van der Waals surface area contributed by atoms with E-state index >= 15 is 0 Å². The minimum atomic E-state index is -0.664. The first-order valence-corrected chi connectivity index (χ1v) is 35.1. The number of hydrogen-bond acceptors (Lipinski definition) is 5. The lowest BCUT2D eigenvalue weighted by atomic mass is 10.0. The van der Waals surface area contributed by atoms with Crippen LogP contribution in [0.1, 0.15) is 393 Å². The second kappa shape index (κ2) is 66.8. The number of allylic oxidation sites excluding steroid dienone is 4. The minimum absolute atomic E-state index is 0.0166. The summed E-state index contributed by atoms with van der Waals surface area (Å²) in [6.45, 7) is 4.98. The van der Waals surface area contributed by atoms with Crippen LogP contribution >= 0.6 is 0 Å². The fourth-order valence-corrected chi connectivity index (χ4v) is 11.1. The van der Waals surface area contributed by atoms with Crippen LogP contribution < -0.4 is 5.32 Å². The van der Waals surface area contributed by atoms with Gasteiger partial charge in [0, 0.05) is 12.8 Å². The molecule has 0 fully saturated rings. The Labute approximate surface area is 481 Å². The van der Waals surface area contributed by atoms with E-state index in [1.807, 2.05) is 0 Å². The number of ether oxygens (including phenoxy) is 1. The van der Waals surface area contributed by atoms with Crippen molar-refractivity contribution in [3.8, 4) is 0 Å². The van der Waals surface area contributed by atoms with E-state index in [0.717, 1.165) is 44.9 Å². The quantitative estimate of drug-likeness (QED) is 0.0320. The summed E-state index contributed by atoms with van der Waals surface area (Å²) in [7, 11) is 0. The number of rotatable bonds is 66. The Morgan fingerprint density at radius 3 is 0.987 bits per heavy atom. The summed E-state index contributed by atoms with van der Waals surface area (Å²) >= 11 is 0. The van der Waals surface area contributed by atoms with Crippen LogP contribution in [0.5, 0.6) is 0 Å². The molecule has 456 valence electrons. The number of amides is 1. The zero-order chi connectivity index (χ0) is 55.7. The van der Waals surface area contributed by atoms with Crippen molar-refractivity contribution in [1.82, 2.24) is 5.32 Å². The summed E-state index contributed by atoms with van der Waals surface area (Å²) < 4.78 is 5.50. The standard InChI is InChI=1S/C71H137NO5/c1-3-5-7-9-11-13-15-17-19-33-37-41-45-49-53-57-61-65-71(76)77-66-62-58-54-50-46-42-38-35-32-30-28-26-24-22-20-21-23-25-27-29-31-34-36-40-44-48-52-56-60-64-70(75)72-68(67-73)69(74)63-59-55-51-47-43-39-18-16-14-12-10-8-6-4-2/h20,22,26,28,68-69,73-74H,3-19,21,23-25,27,29-67H2,1-2H3,(H,72,75)/b22-20-,28-26-. The summed E-state index contributed by atoms with van der Waals surface area (Å²) in [5.41, 5.74) is 0. The summed E-state index contributed by atoms with van der Waals surface area (Å²) in [4.78, 5) is 24.6. The number of unbranched alkanes of at least 4 members (excludes halogenated alkanes) is 51. The predicted octanol–water partition coefficient (Wildman–Crippen LogP) is 22.5. The number of aliphatic hydroxyl groups is 2. The van der Waals surface area contributed by atoms with Crippen molar-refractivity contribution in [3.63, 3.8) is 0 Å². The highest BCUT2D eigenvalue weighted by Gasteiger charge is 2.20. The Bertz CT molecular complexity index is 1200. The second-order valence-electron chi connectivity index (χ2n) is 24.2. The summed E-state index contributed by atoms with van der Waals surface area (Å²) in [6, 6.07) is -0.542. The van der Waals surface area contributed by atoms with Crippen molar-refractivity contribution in [2.75, 3.05) is 13.2 Å². The van der Waals surface area contributed by atoms with E-state index in [1.54, 1.807) is 0 Å². The number of nitrogens with one attached hydrogen (secondary N) is 1. The molecule has 0 saturated heterocycles. The summed E-state index contributed by atoms with van der Waals surface area (Å²) in [5, 5.41) is 23.3. The van der Waals surface area contributed by atoms with Gasteiger partial charge < -0.3 is 20.3 Å². The van der Waals surface area contributed by atoms with Crippen molar-refractivity contribution in [2.24, 2.45) is 0 Å². The third-order valence-corrected chi connectivity index (χ3v) is 16.5. The van der Waals surface area contributed by atoms with Crippen LogP contribution in [0.3, 0.4) is 0 Å². The monoisotopic (exact) mass is 1080 g/mol. The molecule has 0 rings (SSSR count). The molecule has 2 atom stereocenters. The van der Waals surface area contributed by atoms with Crippen molar-refractivity contribution in [2.45, 2.75) is 405 Å². The van der Waals surface area contributed by atoms with Gasteiger partial charge in [0.25, 0.3) is 0 Å². The maximum Gasteiger partial charge on any atom is 0.305 e. The third-order valence-electron chi connectivity index (χ3n) is 16.5. The zero-order valence-electron chi connectivity index (χ0n) is 52.2. The highest BCUT2D eigenvalue weighted by Crippen LogP contribution is 2.19. The molecule has 0 aromatic rings. The Kier molecular flexibility index (Phi) is 65.4. The first-order chi connectivity index (χ1) is 38.0. The first kappa shape index (κ1) is 75.3. The lowest BCUT2D eigenvalue weighted by molar-refractivity contribution is -0.143. The van der Waals surface area contributed by atoms with Gasteiger partial charge >= 0.3 is 5.97 Å². The van der Waals surface area contributed by atoms with Crippen LogP contribution in [0, 0.1) is 0 Å². The molecule has 0 aromatic heterocycles. The Morgan fingerprint density at radius 2 is 0.649 bits per heavy atom. The average molecular weight is 1080 g/mol. The van der Waals surface area contributed by atoms with Crippen LogP contribution in [-0.2, 0) is 14.3 Å². The van der Waals surface area contributed by atoms with Crippen LogP contribution in [0.25, 0.3) is 0 Å². The molecule has 0 spiro atoms. The molecule has 1 amide bonds. The van der Waals surface area contributed by atoms with E-state index in [4.69, 9.17) is 4.74 Å². The number of aliphatic hydroxyl groups excluding tert-OH is 2. The molecule has 2 unspecified atom stereocenters. The van der Waals surface area contributed by atoms with Gasteiger partial charge in [-0.1, -0.05) is 346 Å². The molecule has 0 aliphatic heterocycles. The fraction of sp³-hybridized carbons (Fsp3) is 0.915. The van der Waals surface area contributed by atoms with Gasteiger partial charge in [-0.05, 0) is 57.8 Å². The molecular weight excluding hydrogens is 947 g/mol. The summed E-state index contributed by atoms with van der Waals surface area (Å²) in [5.74, 6) is -0.0170. The lowest BCUT2D eigenvalue weighted by Crippen LogP contribution is -2.45. The molecule has 77 heavy (non-hydrogen) atoms. The van der Waals surface area contributed by atoms with Gasteiger partial charge in [-0.15, -0.1) is 0 Å². The van der Waals surface area contributed by atoms with E-state index in [1.165, 1.54) is 315 Å². The summed E-state index contributed by atoms with van der Waals surface area (Å²) in [6.07, 6.45) is 83.7. The molecular formula is C71H137NO5. The van der Waals surface area contributed by atoms with Crippen molar-refractivity contribution in [1.29, 1.82) is 0 Å². The number of carbonyl (C=O) groups excluding carboxylic acids is 2. The van der Waals surface area contributed by atoms with Crippen molar-refractivity contribution in [3.05, 3.63) is 24.3 Å². The molecule has 0 aliphatic carbocycles. The Balaban J connectivity index is 3.38. The molecule has 6 nitrogen and oxygen atoms in total. The minimum Gasteiger partial charge on any atom is -0.466 e. The van der Waals surface area contributed by atoms with Crippen LogP contribution in [-0.4, -0.2) is 47.4 Å². The predicted molar refractivity (Wildman–Crippen MR) is 338 cm³/mol. The SMILES string of the molecule is CCCCCCCCCCCCCCCCCCCC(=O)OCCCCCCCCCCC/C=C\C/C=C\CCCCCCCCCCCCCCCC(=O)NC(CO)C(O)CCCCCCCCCCCCCCCC. The third kappa shape index (κ3) is 63.4. The maximum atomic E-state index is 12.5. The average Bonchev–Trinajstić information content (AvgIpc) is 3.43. The molecule has 0 bridgehead atoms. The van der Waals surface area contributed by atoms with Gasteiger partial charge in [-0.2, -0.15) is 0 Å². The number of carbonyl (C=O) groups is 2. The maximum absolute atomic E-state index is 12.5. The highest BCUT2D eigenvalue weighted by atomic mass is 16.5. The van der Waals surface area contributed by atoms with Gasteiger partial charge in [0.1, 0.15) is 0 Å². The normalized spacial score (nSPS) is 12.6. The molecule has 0 radical (unpaired) electrons. The number of hydrogen-bond donors (Lipinski definition) is 3. The van der Waals surface area contributed by atoms with Gasteiger partial charge in [0.15, 0.2) is 0 Å². The largest absolute Gasteiger partial charge is 0.466 e. The highest BCUT2D eigenvalue weighted by molar-refractivity contribution is 5.76. The molecule has 0 heterocycles. The van der Waals surface area contributed by atoms with Gasteiger partial charge in [0.05, 0.1) is 25.4 Å². The van der Waals surface area contributed by atoms with Crippen molar-refractivity contribution < 1.29 is 24.5 Å². The topological polar surface area (TPSA) is 95.9 Å². The Morgan fingerprint density at radius 1 is 0.364 bits per heavy atom. The first-order valence-electron chi connectivity index (χ1n) is 35.1.